The first kappa shape index (κ1) is 33.6. The van der Waals surface area contributed by atoms with Crippen molar-refractivity contribution in [1.82, 2.24) is 15.5 Å². The first-order valence-corrected chi connectivity index (χ1v) is 15.5. The third-order valence-electron chi connectivity index (χ3n) is 8.48. The SMILES string of the molecule is CCOC(=O)/C(F)=C\[C@H](C[C@@H]1CCNC1=O)NC(=O)[C@H]1[C@@H]2CC[C@@H](CC2(F)F)N1C(=O)[C@@H](CC(C)C)Nc1cccc(Cl)c1. The summed E-state index contributed by atoms with van der Waals surface area (Å²) in [6, 6.07) is 2.33. The van der Waals surface area contributed by atoms with E-state index in [1.165, 1.54) is 11.8 Å². The molecule has 1 aromatic rings. The highest BCUT2D eigenvalue weighted by Gasteiger charge is 2.61. The Hall–Kier alpha value is -3.28. The predicted molar refractivity (Wildman–Crippen MR) is 159 cm³/mol. The molecule has 2 bridgehead atoms. The van der Waals surface area contributed by atoms with Crippen molar-refractivity contribution in [1.29, 1.82) is 0 Å². The lowest BCUT2D eigenvalue weighted by atomic mass is 9.71. The van der Waals surface area contributed by atoms with Crippen LogP contribution in [0.25, 0.3) is 0 Å². The molecule has 3 N–H and O–H groups in total. The van der Waals surface area contributed by atoms with Gasteiger partial charge in [-0.05, 0) is 69.2 Å². The van der Waals surface area contributed by atoms with E-state index in [1.54, 1.807) is 24.3 Å². The number of nitrogens with zero attached hydrogens (tertiary/aromatic N) is 1. The van der Waals surface area contributed by atoms with E-state index in [1.807, 2.05) is 13.8 Å². The van der Waals surface area contributed by atoms with Crippen LogP contribution in [0.3, 0.4) is 0 Å². The van der Waals surface area contributed by atoms with Gasteiger partial charge in [0.15, 0.2) is 0 Å². The number of ether oxygens (including phenoxy) is 1. The lowest BCUT2D eigenvalue weighted by molar-refractivity contribution is -0.194. The van der Waals surface area contributed by atoms with Crippen molar-refractivity contribution in [2.75, 3.05) is 18.5 Å². The summed E-state index contributed by atoms with van der Waals surface area (Å²) < 4.78 is 50.1. The van der Waals surface area contributed by atoms with Crippen molar-refractivity contribution in [2.45, 2.75) is 89.4 Å². The van der Waals surface area contributed by atoms with Crippen LogP contribution in [0.1, 0.15) is 59.3 Å². The van der Waals surface area contributed by atoms with E-state index in [-0.39, 0.29) is 31.3 Å². The zero-order chi connectivity index (χ0) is 32.2. The van der Waals surface area contributed by atoms with Crippen molar-refractivity contribution >= 4 is 41.0 Å². The average Bonchev–Trinajstić information content (AvgIpc) is 3.35. The van der Waals surface area contributed by atoms with Crippen molar-refractivity contribution < 1.29 is 37.1 Å². The molecule has 5 rings (SSSR count). The molecule has 4 aliphatic rings. The molecular formula is C31H40ClF3N4O5. The summed E-state index contributed by atoms with van der Waals surface area (Å²) in [5.41, 5.74) is 0.569. The van der Waals surface area contributed by atoms with Crippen LogP contribution < -0.4 is 16.0 Å². The van der Waals surface area contributed by atoms with E-state index in [9.17, 15) is 23.6 Å². The molecule has 3 heterocycles. The van der Waals surface area contributed by atoms with Crippen LogP contribution in [0.2, 0.25) is 5.02 Å². The van der Waals surface area contributed by atoms with Gasteiger partial charge in [0, 0.05) is 35.6 Å². The molecule has 1 aliphatic carbocycles. The molecule has 9 nitrogen and oxygen atoms in total. The Kier molecular flexibility index (Phi) is 10.9. The summed E-state index contributed by atoms with van der Waals surface area (Å²) in [4.78, 5) is 53.7. The molecule has 1 saturated carbocycles. The number of benzene rings is 1. The molecule has 0 radical (unpaired) electrons. The van der Waals surface area contributed by atoms with Crippen molar-refractivity contribution in [2.24, 2.45) is 17.8 Å². The number of carbonyl (C=O) groups is 4. The van der Waals surface area contributed by atoms with Crippen LogP contribution in [-0.4, -0.2) is 71.8 Å². The van der Waals surface area contributed by atoms with E-state index in [0.29, 0.717) is 36.5 Å². The van der Waals surface area contributed by atoms with Crippen molar-refractivity contribution in [3.05, 3.63) is 41.2 Å². The fourth-order valence-corrected chi connectivity index (χ4v) is 6.72. The molecule has 3 saturated heterocycles. The minimum Gasteiger partial charge on any atom is -0.461 e. The van der Waals surface area contributed by atoms with E-state index in [0.717, 1.165) is 6.08 Å². The third-order valence-corrected chi connectivity index (χ3v) is 8.71. The predicted octanol–water partition coefficient (Wildman–Crippen LogP) is 4.61. The smallest absolute Gasteiger partial charge is 0.366 e. The zero-order valence-corrected chi connectivity index (χ0v) is 25.8. The van der Waals surface area contributed by atoms with Gasteiger partial charge in [-0.3, -0.25) is 14.4 Å². The first-order chi connectivity index (χ1) is 20.8. The Morgan fingerprint density at radius 1 is 1.23 bits per heavy atom. The monoisotopic (exact) mass is 640 g/mol. The molecule has 13 heteroatoms. The maximum atomic E-state index is 15.3. The summed E-state index contributed by atoms with van der Waals surface area (Å²) in [5, 5.41) is 8.90. The largest absolute Gasteiger partial charge is 0.461 e. The fraction of sp³-hybridized carbons (Fsp3) is 0.613. The summed E-state index contributed by atoms with van der Waals surface area (Å²) in [6.07, 6.45) is 1.32. The lowest BCUT2D eigenvalue weighted by Gasteiger charge is -2.54. The van der Waals surface area contributed by atoms with Gasteiger partial charge in [0.25, 0.3) is 5.92 Å². The Labute approximate surface area is 260 Å². The number of rotatable bonds is 12. The molecule has 44 heavy (non-hydrogen) atoms. The Morgan fingerprint density at radius 2 is 1.98 bits per heavy atom. The second-order valence-corrected chi connectivity index (χ2v) is 12.6. The van der Waals surface area contributed by atoms with Crippen LogP contribution in [0.5, 0.6) is 0 Å². The number of carbonyl (C=O) groups excluding carboxylic acids is 4. The van der Waals surface area contributed by atoms with Gasteiger partial charge in [0.05, 0.1) is 18.6 Å². The van der Waals surface area contributed by atoms with Gasteiger partial charge in [-0.15, -0.1) is 0 Å². The molecule has 3 amide bonds. The van der Waals surface area contributed by atoms with Gasteiger partial charge in [0.2, 0.25) is 23.5 Å². The molecule has 242 valence electrons. The van der Waals surface area contributed by atoms with Crippen LogP contribution in [0.4, 0.5) is 18.9 Å². The normalized spacial score (nSPS) is 25.8. The minimum atomic E-state index is -3.21. The summed E-state index contributed by atoms with van der Waals surface area (Å²) in [5.74, 6) is -9.42. The first-order valence-electron chi connectivity index (χ1n) is 15.1. The average molecular weight is 641 g/mol. The molecule has 0 aromatic heterocycles. The number of piperidine rings is 2. The summed E-state index contributed by atoms with van der Waals surface area (Å²) >= 11 is 6.14. The number of anilines is 1. The van der Waals surface area contributed by atoms with E-state index in [2.05, 4.69) is 16.0 Å². The van der Waals surface area contributed by atoms with Crippen molar-refractivity contribution in [3.63, 3.8) is 0 Å². The number of fused-ring (bicyclic) bond motifs is 3. The quantitative estimate of drug-likeness (QED) is 0.227. The standard InChI is InChI=1S/C31H40ClF3N4O5/c1-4-44-30(43)24(33)15-21(13-18-10-11-36-27(18)40)38-28(41)26-23-9-8-22(16-31(23,34)35)39(26)29(42)25(12-17(2)3)37-20-7-5-6-19(32)14-20/h5-7,14-15,17-18,21-23,25-26,37H,4,8-13,16H2,1-3H3,(H,36,40)(H,38,41)/b24-15+/t18-,21-,22-,23-,25+,26+/m0/s1. The molecule has 0 unspecified atom stereocenters. The lowest BCUT2D eigenvalue weighted by Crippen LogP contribution is -2.70. The number of hydrogen-bond acceptors (Lipinski definition) is 6. The van der Waals surface area contributed by atoms with E-state index < -0.39 is 72.0 Å². The second kappa shape index (κ2) is 14.2. The molecule has 4 fully saturated rings. The number of esters is 1. The molecule has 6 atom stereocenters. The number of hydrogen-bond donors (Lipinski definition) is 3. The van der Waals surface area contributed by atoms with Crippen molar-refractivity contribution in [3.8, 4) is 0 Å². The third kappa shape index (κ3) is 7.86. The van der Waals surface area contributed by atoms with Crippen LogP contribution in [0.15, 0.2) is 36.2 Å². The molecule has 1 aromatic carbocycles. The highest BCUT2D eigenvalue weighted by Crippen LogP contribution is 2.49. The van der Waals surface area contributed by atoms with Gasteiger partial charge < -0.3 is 25.6 Å². The summed E-state index contributed by atoms with van der Waals surface area (Å²) in [6.45, 7) is 5.67. The van der Waals surface area contributed by atoms with Gasteiger partial charge >= 0.3 is 5.97 Å². The van der Waals surface area contributed by atoms with Gasteiger partial charge in [-0.1, -0.05) is 31.5 Å². The molecular weight excluding hydrogens is 601 g/mol. The minimum absolute atomic E-state index is 0.0266. The van der Waals surface area contributed by atoms with E-state index in [4.69, 9.17) is 16.3 Å². The van der Waals surface area contributed by atoms with E-state index >= 15 is 8.78 Å². The Balaban J connectivity index is 1.65. The topological polar surface area (TPSA) is 117 Å². The highest BCUT2D eigenvalue weighted by molar-refractivity contribution is 6.30. The second-order valence-electron chi connectivity index (χ2n) is 12.2. The Morgan fingerprint density at radius 3 is 2.59 bits per heavy atom. The molecule has 3 aliphatic heterocycles. The molecule has 0 spiro atoms. The van der Waals surface area contributed by atoms with Crippen LogP contribution in [-0.2, 0) is 23.9 Å². The van der Waals surface area contributed by atoms with Crippen LogP contribution in [0, 0.1) is 17.8 Å². The van der Waals surface area contributed by atoms with Gasteiger partial charge in [0.1, 0.15) is 12.1 Å². The zero-order valence-electron chi connectivity index (χ0n) is 25.1. The Bertz CT molecular complexity index is 1280. The number of nitrogens with one attached hydrogen (secondary N) is 3. The maximum absolute atomic E-state index is 15.3. The van der Waals surface area contributed by atoms with Gasteiger partial charge in [-0.2, -0.15) is 4.39 Å². The fourth-order valence-electron chi connectivity index (χ4n) is 6.53. The summed E-state index contributed by atoms with van der Waals surface area (Å²) in [7, 11) is 0. The van der Waals surface area contributed by atoms with Gasteiger partial charge in [-0.25, -0.2) is 13.6 Å². The number of halogens is 4. The highest BCUT2D eigenvalue weighted by atomic mass is 35.5. The van der Waals surface area contributed by atoms with Crippen LogP contribution >= 0.6 is 11.6 Å². The number of alkyl halides is 2. The maximum Gasteiger partial charge on any atom is 0.366 e. The number of amides is 3.